The Kier molecular flexibility index (Phi) is 4.90. The molecule has 0 aliphatic carbocycles. The Morgan fingerprint density at radius 3 is 2.86 bits per heavy atom. The Labute approximate surface area is 130 Å². The van der Waals surface area contributed by atoms with E-state index in [0.717, 1.165) is 6.08 Å². The molecular formula is C14H12ClN3O4. The highest BCUT2D eigenvalue weighted by Crippen LogP contribution is 2.19. The minimum absolute atomic E-state index is 0.0384. The molecule has 0 amide bonds. The second-order valence-corrected chi connectivity index (χ2v) is 4.70. The van der Waals surface area contributed by atoms with Crippen molar-refractivity contribution in [3.05, 3.63) is 63.2 Å². The van der Waals surface area contributed by atoms with E-state index in [2.05, 4.69) is 4.98 Å². The lowest BCUT2D eigenvalue weighted by Gasteiger charge is -2.03. The van der Waals surface area contributed by atoms with Gasteiger partial charge in [0.05, 0.1) is 16.7 Å². The number of nitro groups is 1. The lowest BCUT2D eigenvalue weighted by Crippen LogP contribution is -2.05. The molecule has 2 rings (SSSR count). The molecule has 7 nitrogen and oxygen atoms in total. The molecule has 1 heterocycles. The van der Waals surface area contributed by atoms with Gasteiger partial charge >= 0.3 is 5.97 Å². The Morgan fingerprint density at radius 2 is 2.23 bits per heavy atom. The lowest BCUT2D eigenvalue weighted by atomic mass is 10.1. The molecule has 0 fully saturated rings. The van der Waals surface area contributed by atoms with Crippen LogP contribution in [0, 0.1) is 10.1 Å². The van der Waals surface area contributed by atoms with E-state index in [1.54, 1.807) is 29.8 Å². The number of halogens is 1. The number of aromatic nitrogens is 2. The summed E-state index contributed by atoms with van der Waals surface area (Å²) in [5, 5.41) is 11.3. The zero-order valence-corrected chi connectivity index (χ0v) is 12.4. The number of esters is 1. The summed E-state index contributed by atoms with van der Waals surface area (Å²) in [5.41, 5.74) is 0.243. The molecule has 0 saturated heterocycles. The normalized spacial score (nSPS) is 10.8. The zero-order chi connectivity index (χ0) is 16.1. The van der Waals surface area contributed by atoms with E-state index in [-0.39, 0.29) is 12.3 Å². The molecule has 1 aromatic carbocycles. The van der Waals surface area contributed by atoms with Gasteiger partial charge in [0.25, 0.3) is 5.69 Å². The Hall–Kier alpha value is -2.67. The van der Waals surface area contributed by atoms with E-state index in [1.165, 1.54) is 18.3 Å². The zero-order valence-electron chi connectivity index (χ0n) is 11.6. The van der Waals surface area contributed by atoms with E-state index in [4.69, 9.17) is 16.3 Å². The summed E-state index contributed by atoms with van der Waals surface area (Å²) in [7, 11) is 1.70. The van der Waals surface area contributed by atoms with E-state index in [1.807, 2.05) is 0 Å². The fourth-order valence-corrected chi connectivity index (χ4v) is 1.84. The van der Waals surface area contributed by atoms with Crippen molar-refractivity contribution >= 4 is 29.3 Å². The highest BCUT2D eigenvalue weighted by atomic mass is 35.5. The highest BCUT2D eigenvalue weighted by Gasteiger charge is 2.10. The summed E-state index contributed by atoms with van der Waals surface area (Å²) in [6, 6.07) is 6.10. The van der Waals surface area contributed by atoms with Crippen LogP contribution in [-0.2, 0) is 23.2 Å². The largest absolute Gasteiger partial charge is 0.454 e. The number of para-hydroxylation sites is 1. The topological polar surface area (TPSA) is 87.3 Å². The monoisotopic (exact) mass is 321 g/mol. The summed E-state index contributed by atoms with van der Waals surface area (Å²) in [5.74, 6) is -0.130. The van der Waals surface area contributed by atoms with Gasteiger partial charge in [-0.25, -0.2) is 9.78 Å². The average molecular weight is 322 g/mol. The van der Waals surface area contributed by atoms with Crippen LogP contribution in [0.15, 0.2) is 36.5 Å². The number of carbonyl (C=O) groups is 1. The SMILES string of the molecule is Cn1c(Cl)cnc1COC(=O)C=Cc1ccccc1[N+](=O)[O-]. The van der Waals surface area contributed by atoms with Crippen molar-refractivity contribution in [3.8, 4) is 0 Å². The number of rotatable bonds is 5. The number of nitrogens with zero attached hydrogens (tertiary/aromatic N) is 3. The van der Waals surface area contributed by atoms with Crippen molar-refractivity contribution in [2.24, 2.45) is 7.05 Å². The van der Waals surface area contributed by atoms with Crippen LogP contribution < -0.4 is 0 Å². The number of carbonyl (C=O) groups excluding carboxylic acids is 1. The first kappa shape index (κ1) is 15.7. The van der Waals surface area contributed by atoms with E-state index in [9.17, 15) is 14.9 Å². The van der Waals surface area contributed by atoms with Crippen LogP contribution in [0.3, 0.4) is 0 Å². The van der Waals surface area contributed by atoms with Crippen LogP contribution in [0.1, 0.15) is 11.4 Å². The molecule has 22 heavy (non-hydrogen) atoms. The van der Waals surface area contributed by atoms with Gasteiger partial charge < -0.3 is 9.30 Å². The minimum atomic E-state index is -0.628. The van der Waals surface area contributed by atoms with Gasteiger partial charge in [0, 0.05) is 19.2 Å². The van der Waals surface area contributed by atoms with Crippen molar-refractivity contribution in [1.82, 2.24) is 9.55 Å². The standard InChI is InChI=1S/C14H12ClN3O4/c1-17-12(15)8-16-13(17)9-22-14(19)7-6-10-4-2-3-5-11(10)18(20)21/h2-8H,9H2,1H3. The number of benzene rings is 1. The highest BCUT2D eigenvalue weighted by molar-refractivity contribution is 6.29. The lowest BCUT2D eigenvalue weighted by molar-refractivity contribution is -0.385. The first-order chi connectivity index (χ1) is 10.5. The van der Waals surface area contributed by atoms with Crippen LogP contribution in [0.2, 0.25) is 5.15 Å². The smallest absolute Gasteiger partial charge is 0.331 e. The number of ether oxygens (including phenoxy) is 1. The Bertz CT molecular complexity index is 739. The van der Waals surface area contributed by atoms with Gasteiger partial charge in [0.1, 0.15) is 17.6 Å². The summed E-state index contributed by atoms with van der Waals surface area (Å²) >= 11 is 5.82. The second kappa shape index (κ2) is 6.86. The first-order valence-electron chi connectivity index (χ1n) is 6.23. The van der Waals surface area contributed by atoms with Crippen molar-refractivity contribution in [1.29, 1.82) is 0 Å². The van der Waals surface area contributed by atoms with E-state index < -0.39 is 10.9 Å². The average Bonchev–Trinajstić information content (AvgIpc) is 2.82. The molecule has 0 bridgehead atoms. The Morgan fingerprint density at radius 1 is 1.50 bits per heavy atom. The molecule has 8 heteroatoms. The van der Waals surface area contributed by atoms with Gasteiger partial charge in [-0.15, -0.1) is 0 Å². The molecule has 1 aromatic heterocycles. The number of hydrogen-bond acceptors (Lipinski definition) is 5. The first-order valence-corrected chi connectivity index (χ1v) is 6.61. The van der Waals surface area contributed by atoms with Crippen molar-refractivity contribution < 1.29 is 14.5 Å². The third-order valence-corrected chi connectivity index (χ3v) is 3.25. The number of hydrogen-bond donors (Lipinski definition) is 0. The maximum absolute atomic E-state index is 11.6. The molecule has 0 spiro atoms. The molecule has 2 aromatic rings. The van der Waals surface area contributed by atoms with Gasteiger partial charge in [-0.05, 0) is 12.1 Å². The third-order valence-electron chi connectivity index (χ3n) is 2.90. The molecule has 0 radical (unpaired) electrons. The maximum atomic E-state index is 11.6. The molecule has 0 aliphatic heterocycles. The molecule has 0 aliphatic rings. The molecule has 0 atom stereocenters. The summed E-state index contributed by atoms with van der Waals surface area (Å²) in [6.07, 6.45) is 3.92. The molecule has 114 valence electrons. The van der Waals surface area contributed by atoms with Gasteiger partial charge in [0.2, 0.25) is 0 Å². The van der Waals surface area contributed by atoms with Crippen molar-refractivity contribution in [2.45, 2.75) is 6.61 Å². The predicted octanol–water partition coefficient (Wildman–Crippen LogP) is 2.74. The van der Waals surface area contributed by atoms with Gasteiger partial charge in [-0.3, -0.25) is 10.1 Å². The number of imidazole rings is 1. The van der Waals surface area contributed by atoms with Crippen molar-refractivity contribution in [2.75, 3.05) is 0 Å². The number of nitro benzene ring substituents is 1. The fourth-order valence-electron chi connectivity index (χ4n) is 1.69. The van der Waals surface area contributed by atoms with Gasteiger partial charge in [-0.1, -0.05) is 23.7 Å². The van der Waals surface area contributed by atoms with E-state index >= 15 is 0 Å². The minimum Gasteiger partial charge on any atom is -0.454 e. The van der Waals surface area contributed by atoms with E-state index in [0.29, 0.717) is 16.5 Å². The summed E-state index contributed by atoms with van der Waals surface area (Å²) < 4.78 is 6.59. The van der Waals surface area contributed by atoms with Gasteiger partial charge in [-0.2, -0.15) is 0 Å². The maximum Gasteiger partial charge on any atom is 0.331 e. The molecular weight excluding hydrogens is 310 g/mol. The van der Waals surface area contributed by atoms with Crippen LogP contribution in [0.25, 0.3) is 6.08 Å². The second-order valence-electron chi connectivity index (χ2n) is 4.31. The van der Waals surface area contributed by atoms with Crippen LogP contribution in [0.5, 0.6) is 0 Å². The van der Waals surface area contributed by atoms with Crippen LogP contribution in [-0.4, -0.2) is 20.4 Å². The predicted molar refractivity (Wildman–Crippen MR) is 80.1 cm³/mol. The van der Waals surface area contributed by atoms with Crippen LogP contribution >= 0.6 is 11.6 Å². The van der Waals surface area contributed by atoms with Crippen molar-refractivity contribution in [3.63, 3.8) is 0 Å². The van der Waals surface area contributed by atoms with Crippen LogP contribution in [0.4, 0.5) is 5.69 Å². The Balaban J connectivity index is 2.00. The molecule has 0 unspecified atom stereocenters. The summed E-state index contributed by atoms with van der Waals surface area (Å²) in [6.45, 7) is -0.0384. The molecule has 0 saturated carbocycles. The van der Waals surface area contributed by atoms with Gasteiger partial charge in [0.15, 0.2) is 0 Å². The summed E-state index contributed by atoms with van der Waals surface area (Å²) in [4.78, 5) is 26.0. The fraction of sp³-hybridized carbons (Fsp3) is 0.143. The molecule has 0 N–H and O–H groups in total. The third kappa shape index (κ3) is 3.70. The quantitative estimate of drug-likeness (QED) is 0.366.